The first-order valence-electron chi connectivity index (χ1n) is 8.37. The summed E-state index contributed by atoms with van der Waals surface area (Å²) in [5.41, 5.74) is 0. The van der Waals surface area contributed by atoms with Crippen molar-refractivity contribution in [3.05, 3.63) is 12.5 Å². The summed E-state index contributed by atoms with van der Waals surface area (Å²) in [6.45, 7) is 18.9. The molecule has 0 radical (unpaired) electrons. The van der Waals surface area contributed by atoms with Crippen molar-refractivity contribution in [2.45, 2.75) is 52.4 Å². The Bertz CT molecular complexity index is 781. The zero-order valence-electron chi connectivity index (χ0n) is 15.4. The largest absolute Gasteiger partial charge is 0.471 e. The van der Waals surface area contributed by atoms with Gasteiger partial charge in [0, 0.05) is 10.8 Å². The van der Waals surface area contributed by atoms with Crippen LogP contribution in [0.15, 0.2) is 16.9 Å². The highest BCUT2D eigenvalue weighted by molar-refractivity contribution is 7.15. The smallest absolute Gasteiger partial charge is 0.206 e. The van der Waals surface area contributed by atoms with Crippen molar-refractivity contribution in [3.8, 4) is 0 Å². The summed E-state index contributed by atoms with van der Waals surface area (Å²) in [6, 6.07) is 0. The van der Waals surface area contributed by atoms with Gasteiger partial charge in [-0.1, -0.05) is 0 Å². The third kappa shape index (κ3) is 1.92. The zero-order valence-corrected chi connectivity index (χ0v) is 19.4. The molecule has 2 aliphatic heterocycles. The van der Waals surface area contributed by atoms with Gasteiger partial charge >= 0.3 is 0 Å². The highest BCUT2D eigenvalue weighted by Gasteiger charge is 2.57. The molecule has 0 aliphatic carbocycles. The first-order valence-corrected chi connectivity index (χ1v) is 20.0. The van der Waals surface area contributed by atoms with Gasteiger partial charge in [-0.05, 0) is 73.1 Å². The fraction of sp³-hybridized carbons (Fsp3) is 0.500. The van der Waals surface area contributed by atoms with Gasteiger partial charge in [-0.3, -0.25) is 0 Å². The van der Waals surface area contributed by atoms with E-state index in [1.165, 1.54) is 21.1 Å². The molecule has 0 unspecified atom stereocenters. The lowest BCUT2D eigenvalue weighted by atomic mass is 10.2. The maximum absolute atomic E-state index is 6.79. The molecule has 0 saturated carbocycles. The molecule has 124 valence electrons. The van der Waals surface area contributed by atoms with Crippen LogP contribution < -0.4 is 20.7 Å². The van der Waals surface area contributed by atoms with Crippen molar-refractivity contribution in [1.82, 2.24) is 0 Å². The van der Waals surface area contributed by atoms with Crippen molar-refractivity contribution in [3.63, 3.8) is 0 Å². The summed E-state index contributed by atoms with van der Waals surface area (Å²) in [7, 11) is -7.58. The van der Waals surface area contributed by atoms with Crippen molar-refractivity contribution in [2.24, 2.45) is 0 Å². The summed E-state index contributed by atoms with van der Waals surface area (Å²) in [5.74, 6) is 0. The SMILES string of the molecule is C[Si]1(C)O[Si](C)(C)c2c1c1c(c3cocc23)[Si](C)(C)O[Si]1(C)C. The second kappa shape index (κ2) is 4.20. The average molecular weight is 379 g/mol. The van der Waals surface area contributed by atoms with Gasteiger partial charge in [-0.25, -0.2) is 0 Å². The molecule has 0 amide bonds. The maximum atomic E-state index is 6.79. The topological polar surface area (TPSA) is 31.6 Å². The van der Waals surface area contributed by atoms with Crippen molar-refractivity contribution in [1.29, 1.82) is 0 Å². The Hall–Kier alpha value is -0.452. The molecule has 23 heavy (non-hydrogen) atoms. The van der Waals surface area contributed by atoms with Crippen LogP contribution in [0.5, 0.6) is 0 Å². The Morgan fingerprint density at radius 1 is 0.522 bits per heavy atom. The molecule has 1 aromatic carbocycles. The highest BCUT2D eigenvalue weighted by atomic mass is 28.4. The van der Waals surface area contributed by atoms with E-state index in [4.69, 9.17) is 12.6 Å². The van der Waals surface area contributed by atoms with Gasteiger partial charge in [0.25, 0.3) is 0 Å². The monoisotopic (exact) mass is 378 g/mol. The molecule has 0 fully saturated rings. The van der Waals surface area contributed by atoms with Crippen LogP contribution in [0.25, 0.3) is 10.8 Å². The zero-order chi connectivity index (χ0) is 17.0. The predicted molar refractivity (Wildman–Crippen MR) is 107 cm³/mol. The molecule has 0 bridgehead atoms. The van der Waals surface area contributed by atoms with E-state index in [1.54, 1.807) is 10.4 Å². The van der Waals surface area contributed by atoms with Gasteiger partial charge in [-0.15, -0.1) is 0 Å². The minimum absolute atomic E-state index is 1.31. The van der Waals surface area contributed by atoms with Crippen molar-refractivity contribution < 1.29 is 12.6 Å². The van der Waals surface area contributed by atoms with E-state index in [0.29, 0.717) is 0 Å². The predicted octanol–water partition coefficient (Wildman–Crippen LogP) is 2.14. The highest BCUT2D eigenvalue weighted by Crippen LogP contribution is 2.31. The Morgan fingerprint density at radius 3 is 1.17 bits per heavy atom. The molecule has 2 aromatic rings. The second-order valence-electron chi connectivity index (χ2n) is 8.94. The Balaban J connectivity index is 2.29. The van der Waals surface area contributed by atoms with E-state index in [-0.39, 0.29) is 0 Å². The molecule has 0 saturated heterocycles. The van der Waals surface area contributed by atoms with Crippen LogP contribution >= 0.6 is 0 Å². The molecule has 3 nitrogen and oxygen atoms in total. The number of furan rings is 1. The normalized spacial score (nSPS) is 25.6. The Kier molecular flexibility index (Phi) is 2.93. The molecule has 2 aliphatic rings. The van der Waals surface area contributed by atoms with E-state index in [0.717, 1.165) is 0 Å². The van der Waals surface area contributed by atoms with Crippen LogP contribution in [-0.2, 0) is 8.23 Å². The molecular formula is C16H26O3Si4. The number of hydrogen-bond acceptors (Lipinski definition) is 3. The minimum Gasteiger partial charge on any atom is -0.471 e. The van der Waals surface area contributed by atoms with E-state index in [1.807, 2.05) is 12.5 Å². The molecule has 3 heterocycles. The maximum Gasteiger partial charge on any atom is 0.206 e. The summed E-state index contributed by atoms with van der Waals surface area (Å²) in [4.78, 5) is 0. The summed E-state index contributed by atoms with van der Waals surface area (Å²) in [5, 5.41) is 8.79. The summed E-state index contributed by atoms with van der Waals surface area (Å²) >= 11 is 0. The molecular weight excluding hydrogens is 353 g/mol. The van der Waals surface area contributed by atoms with E-state index < -0.39 is 33.3 Å². The lowest BCUT2D eigenvalue weighted by molar-refractivity contribution is 0.571. The second-order valence-corrected chi connectivity index (χ2v) is 24.7. The molecule has 1 aromatic heterocycles. The fourth-order valence-electron chi connectivity index (χ4n) is 5.14. The molecule has 0 atom stereocenters. The van der Waals surface area contributed by atoms with E-state index in [9.17, 15) is 0 Å². The van der Waals surface area contributed by atoms with Gasteiger partial charge in [-0.2, -0.15) is 0 Å². The molecule has 7 heteroatoms. The minimum atomic E-state index is -1.90. The molecule has 0 N–H and O–H groups in total. The lowest BCUT2D eigenvalue weighted by Gasteiger charge is -2.26. The van der Waals surface area contributed by atoms with Crippen LogP contribution in [0.3, 0.4) is 0 Å². The van der Waals surface area contributed by atoms with Crippen molar-refractivity contribution in [2.75, 3.05) is 0 Å². The number of hydrogen-bond donors (Lipinski definition) is 0. The van der Waals surface area contributed by atoms with E-state index >= 15 is 0 Å². The molecule has 4 rings (SSSR count). The Labute approximate surface area is 142 Å². The quantitative estimate of drug-likeness (QED) is 0.658. The van der Waals surface area contributed by atoms with Gasteiger partial charge in [0.2, 0.25) is 33.3 Å². The standard InChI is InChI=1S/C16H26O3Si4/c1-20(2)13-11-9-17-10-12(11)14-16(15(13)22(5,6)18-20)23(7,8)19-21(14,3)4/h9-10H,1-8H3. The number of fused-ring (bicyclic) bond motifs is 6. The summed E-state index contributed by atoms with van der Waals surface area (Å²) < 4.78 is 19.3. The van der Waals surface area contributed by atoms with Crippen molar-refractivity contribution >= 4 is 64.8 Å². The van der Waals surface area contributed by atoms with E-state index in [2.05, 4.69) is 52.4 Å². The summed E-state index contributed by atoms with van der Waals surface area (Å²) in [6.07, 6.45) is 3.92. The van der Waals surface area contributed by atoms with Crippen LogP contribution in [0.2, 0.25) is 52.4 Å². The van der Waals surface area contributed by atoms with Gasteiger partial charge in [0.15, 0.2) is 0 Å². The molecule has 0 spiro atoms. The average Bonchev–Trinajstić information content (AvgIpc) is 2.91. The first kappa shape index (κ1) is 16.0. The Morgan fingerprint density at radius 2 is 0.826 bits per heavy atom. The van der Waals surface area contributed by atoms with Crippen LogP contribution in [0.1, 0.15) is 0 Å². The first-order chi connectivity index (χ1) is 10.4. The third-order valence-corrected chi connectivity index (χ3v) is 21.1. The van der Waals surface area contributed by atoms with Gasteiger partial charge in [0.1, 0.15) is 0 Å². The number of rotatable bonds is 0. The number of benzene rings is 1. The van der Waals surface area contributed by atoms with Gasteiger partial charge in [0.05, 0.1) is 12.5 Å². The van der Waals surface area contributed by atoms with Crippen LogP contribution in [0.4, 0.5) is 0 Å². The van der Waals surface area contributed by atoms with Crippen LogP contribution in [0, 0.1) is 0 Å². The van der Waals surface area contributed by atoms with Gasteiger partial charge < -0.3 is 12.6 Å². The lowest BCUT2D eigenvalue weighted by Crippen LogP contribution is -2.64. The van der Waals surface area contributed by atoms with Crippen LogP contribution in [-0.4, -0.2) is 33.3 Å². The third-order valence-electron chi connectivity index (χ3n) is 5.38. The fourth-order valence-corrected chi connectivity index (χ4v) is 28.7.